The molecule has 4 heteroatoms. The quantitative estimate of drug-likeness (QED) is 0.813. The Balaban J connectivity index is 1.98. The molecule has 0 bridgehead atoms. The fourth-order valence-electron chi connectivity index (χ4n) is 3.03. The summed E-state index contributed by atoms with van der Waals surface area (Å²) in [5, 5.41) is 0. The van der Waals surface area contributed by atoms with E-state index >= 15 is 0 Å². The Bertz CT molecular complexity index is 684. The van der Waals surface area contributed by atoms with Gasteiger partial charge in [-0.05, 0) is 42.3 Å². The molecular formula is C19H21NO3. The van der Waals surface area contributed by atoms with Crippen molar-refractivity contribution in [3.05, 3.63) is 59.7 Å². The van der Waals surface area contributed by atoms with Crippen LogP contribution in [-0.2, 0) is 22.5 Å². The first-order valence-electron chi connectivity index (χ1n) is 7.87. The second-order valence-corrected chi connectivity index (χ2v) is 5.57. The van der Waals surface area contributed by atoms with Crippen molar-refractivity contribution in [2.24, 2.45) is 0 Å². The molecule has 3 rings (SSSR count). The van der Waals surface area contributed by atoms with Crippen LogP contribution in [0.3, 0.4) is 0 Å². The molecule has 0 N–H and O–H groups in total. The van der Waals surface area contributed by atoms with Gasteiger partial charge >= 0.3 is 5.97 Å². The van der Waals surface area contributed by atoms with Crippen LogP contribution in [-0.4, -0.2) is 25.7 Å². The number of hydrogen-bond donors (Lipinski definition) is 0. The largest absolute Gasteiger partial charge is 0.497 e. The van der Waals surface area contributed by atoms with E-state index in [9.17, 15) is 4.79 Å². The molecule has 2 aromatic rings. The van der Waals surface area contributed by atoms with Gasteiger partial charge in [0.15, 0.2) is 0 Å². The highest BCUT2D eigenvalue weighted by Gasteiger charge is 2.32. The average molecular weight is 311 g/mol. The summed E-state index contributed by atoms with van der Waals surface area (Å²) in [4.78, 5) is 14.5. The van der Waals surface area contributed by atoms with Crippen LogP contribution in [0.15, 0.2) is 48.5 Å². The van der Waals surface area contributed by atoms with Gasteiger partial charge in [0, 0.05) is 18.7 Å². The van der Waals surface area contributed by atoms with Crippen LogP contribution >= 0.6 is 0 Å². The fourth-order valence-corrected chi connectivity index (χ4v) is 3.03. The Hall–Kier alpha value is -2.49. The Morgan fingerprint density at radius 1 is 1.17 bits per heavy atom. The van der Waals surface area contributed by atoms with Crippen molar-refractivity contribution in [1.29, 1.82) is 0 Å². The van der Waals surface area contributed by atoms with Crippen molar-refractivity contribution in [2.45, 2.75) is 25.9 Å². The molecule has 4 nitrogen and oxygen atoms in total. The molecule has 23 heavy (non-hydrogen) atoms. The van der Waals surface area contributed by atoms with E-state index in [2.05, 4.69) is 4.90 Å². The average Bonchev–Trinajstić information content (AvgIpc) is 2.61. The maximum atomic E-state index is 12.4. The SMILES string of the molecule is CCOC(=O)C1Cc2ccc(OC)cc2CN1c1ccccc1. The summed E-state index contributed by atoms with van der Waals surface area (Å²) in [7, 11) is 1.67. The third-order valence-corrected chi connectivity index (χ3v) is 4.19. The summed E-state index contributed by atoms with van der Waals surface area (Å²) in [6, 6.07) is 15.7. The van der Waals surface area contributed by atoms with Crippen molar-refractivity contribution in [1.82, 2.24) is 0 Å². The Labute approximate surface area is 136 Å². The lowest BCUT2D eigenvalue weighted by Gasteiger charge is -2.37. The predicted molar refractivity (Wildman–Crippen MR) is 89.7 cm³/mol. The van der Waals surface area contributed by atoms with E-state index in [0.717, 1.165) is 11.4 Å². The number of ether oxygens (including phenoxy) is 2. The lowest BCUT2D eigenvalue weighted by atomic mass is 9.93. The zero-order chi connectivity index (χ0) is 16.2. The van der Waals surface area contributed by atoms with E-state index in [4.69, 9.17) is 9.47 Å². The zero-order valence-electron chi connectivity index (χ0n) is 13.5. The summed E-state index contributed by atoms with van der Waals surface area (Å²) in [6.07, 6.45) is 0.646. The van der Waals surface area contributed by atoms with Crippen molar-refractivity contribution < 1.29 is 14.3 Å². The van der Waals surface area contributed by atoms with E-state index in [0.29, 0.717) is 19.6 Å². The molecule has 0 saturated heterocycles. The molecule has 1 aliphatic rings. The fraction of sp³-hybridized carbons (Fsp3) is 0.316. The van der Waals surface area contributed by atoms with E-state index in [1.54, 1.807) is 7.11 Å². The number of esters is 1. The standard InChI is InChI=1S/C19H21NO3/c1-3-23-19(21)18-12-14-9-10-17(22-2)11-15(14)13-20(18)16-7-5-4-6-8-16/h4-11,18H,3,12-13H2,1-2H3. The molecule has 0 aromatic heterocycles. The van der Waals surface area contributed by atoms with Crippen LogP contribution in [0.4, 0.5) is 5.69 Å². The maximum Gasteiger partial charge on any atom is 0.329 e. The lowest BCUT2D eigenvalue weighted by molar-refractivity contribution is -0.144. The number of para-hydroxylation sites is 1. The lowest BCUT2D eigenvalue weighted by Crippen LogP contribution is -2.46. The molecular weight excluding hydrogens is 290 g/mol. The topological polar surface area (TPSA) is 38.8 Å². The van der Waals surface area contributed by atoms with Gasteiger partial charge in [-0.15, -0.1) is 0 Å². The molecule has 0 saturated carbocycles. The molecule has 2 aromatic carbocycles. The molecule has 1 atom stereocenters. The number of rotatable bonds is 4. The molecule has 0 spiro atoms. The number of hydrogen-bond acceptors (Lipinski definition) is 4. The minimum absolute atomic E-state index is 0.169. The third-order valence-electron chi connectivity index (χ3n) is 4.19. The molecule has 0 radical (unpaired) electrons. The molecule has 120 valence electrons. The molecule has 0 fully saturated rings. The number of fused-ring (bicyclic) bond motifs is 1. The smallest absolute Gasteiger partial charge is 0.329 e. The maximum absolute atomic E-state index is 12.4. The van der Waals surface area contributed by atoms with Crippen LogP contribution in [0.25, 0.3) is 0 Å². The van der Waals surface area contributed by atoms with Crippen LogP contribution in [0.5, 0.6) is 5.75 Å². The van der Waals surface area contributed by atoms with E-state index < -0.39 is 0 Å². The first-order valence-corrected chi connectivity index (χ1v) is 7.87. The summed E-state index contributed by atoms with van der Waals surface area (Å²) >= 11 is 0. The highest BCUT2D eigenvalue weighted by Crippen LogP contribution is 2.31. The minimum Gasteiger partial charge on any atom is -0.497 e. The van der Waals surface area contributed by atoms with E-state index in [1.165, 1.54) is 11.1 Å². The predicted octanol–water partition coefficient (Wildman–Crippen LogP) is 3.19. The molecule has 1 aliphatic heterocycles. The first kappa shape index (κ1) is 15.4. The zero-order valence-corrected chi connectivity index (χ0v) is 13.5. The number of anilines is 1. The van der Waals surface area contributed by atoms with Gasteiger partial charge in [-0.25, -0.2) is 4.79 Å². The van der Waals surface area contributed by atoms with Crippen molar-refractivity contribution in [2.75, 3.05) is 18.6 Å². The molecule has 0 aliphatic carbocycles. The number of benzene rings is 2. The van der Waals surface area contributed by atoms with Crippen molar-refractivity contribution >= 4 is 11.7 Å². The van der Waals surface area contributed by atoms with Crippen LogP contribution in [0, 0.1) is 0 Å². The normalized spacial score (nSPS) is 16.6. The second-order valence-electron chi connectivity index (χ2n) is 5.57. The number of nitrogens with zero attached hydrogens (tertiary/aromatic N) is 1. The van der Waals surface area contributed by atoms with Crippen LogP contribution < -0.4 is 9.64 Å². The van der Waals surface area contributed by atoms with E-state index in [1.807, 2.05) is 55.5 Å². The Kier molecular flexibility index (Phi) is 4.51. The minimum atomic E-state index is -0.293. The summed E-state index contributed by atoms with van der Waals surface area (Å²) in [5.41, 5.74) is 3.39. The molecule has 0 amide bonds. The third kappa shape index (κ3) is 3.16. The van der Waals surface area contributed by atoms with Crippen molar-refractivity contribution in [3.8, 4) is 5.75 Å². The summed E-state index contributed by atoms with van der Waals surface area (Å²) < 4.78 is 10.6. The van der Waals surface area contributed by atoms with Gasteiger partial charge in [0.25, 0.3) is 0 Å². The van der Waals surface area contributed by atoms with Crippen LogP contribution in [0.1, 0.15) is 18.1 Å². The second kappa shape index (κ2) is 6.73. The highest BCUT2D eigenvalue weighted by atomic mass is 16.5. The number of carbonyl (C=O) groups is 1. The highest BCUT2D eigenvalue weighted by molar-refractivity contribution is 5.81. The summed E-state index contributed by atoms with van der Waals surface area (Å²) in [5.74, 6) is 0.671. The van der Waals surface area contributed by atoms with E-state index in [-0.39, 0.29) is 12.0 Å². The van der Waals surface area contributed by atoms with Crippen LogP contribution in [0.2, 0.25) is 0 Å². The van der Waals surface area contributed by atoms with Gasteiger partial charge in [-0.2, -0.15) is 0 Å². The monoisotopic (exact) mass is 311 g/mol. The van der Waals surface area contributed by atoms with Gasteiger partial charge < -0.3 is 14.4 Å². The van der Waals surface area contributed by atoms with Gasteiger partial charge in [-0.1, -0.05) is 24.3 Å². The number of methoxy groups -OCH3 is 1. The Morgan fingerprint density at radius 2 is 1.96 bits per heavy atom. The molecule has 1 heterocycles. The van der Waals surface area contributed by atoms with Gasteiger partial charge in [0.2, 0.25) is 0 Å². The number of carbonyl (C=O) groups excluding carboxylic acids is 1. The summed E-state index contributed by atoms with van der Waals surface area (Å²) in [6.45, 7) is 2.90. The first-order chi connectivity index (χ1) is 11.2. The Morgan fingerprint density at radius 3 is 2.65 bits per heavy atom. The molecule has 1 unspecified atom stereocenters. The van der Waals surface area contributed by atoms with Gasteiger partial charge in [0.1, 0.15) is 11.8 Å². The van der Waals surface area contributed by atoms with Gasteiger partial charge in [-0.3, -0.25) is 0 Å². The van der Waals surface area contributed by atoms with Crippen molar-refractivity contribution in [3.63, 3.8) is 0 Å². The van der Waals surface area contributed by atoms with Gasteiger partial charge in [0.05, 0.1) is 13.7 Å².